The molecule has 0 N–H and O–H groups in total. The highest BCUT2D eigenvalue weighted by molar-refractivity contribution is 5.58. The highest BCUT2D eigenvalue weighted by Crippen LogP contribution is 2.17. The average molecular weight is 226 g/mol. The van der Waals surface area contributed by atoms with Gasteiger partial charge in [-0.3, -0.25) is 4.68 Å². The number of hydrogen-bond acceptors (Lipinski definition) is 3. The first-order valence-electron chi connectivity index (χ1n) is 5.49. The molecule has 0 aliphatic carbocycles. The minimum atomic E-state index is 0.704. The van der Waals surface area contributed by atoms with E-state index < -0.39 is 0 Å². The Bertz CT molecular complexity index is 510. The van der Waals surface area contributed by atoms with Crippen LogP contribution >= 0.6 is 0 Å². The molecule has 86 valence electrons. The normalized spacial score (nSPS) is 9.88. The van der Waals surface area contributed by atoms with Gasteiger partial charge in [0.25, 0.3) is 0 Å². The van der Waals surface area contributed by atoms with Crippen molar-refractivity contribution in [3.05, 3.63) is 48.3 Å². The van der Waals surface area contributed by atoms with Crippen molar-refractivity contribution in [2.24, 2.45) is 0 Å². The Labute approximate surface area is 101 Å². The van der Waals surface area contributed by atoms with Crippen molar-refractivity contribution in [3.8, 4) is 6.07 Å². The summed E-state index contributed by atoms with van der Waals surface area (Å²) in [5, 5.41) is 13.2. The lowest BCUT2D eigenvalue weighted by molar-refractivity contribution is 0.611. The first-order chi connectivity index (χ1) is 8.31. The topological polar surface area (TPSA) is 44.9 Å². The van der Waals surface area contributed by atoms with Crippen LogP contribution in [0, 0.1) is 11.3 Å². The molecule has 0 spiro atoms. The largest absolute Gasteiger partial charge is 0.372 e. The van der Waals surface area contributed by atoms with Gasteiger partial charge >= 0.3 is 0 Å². The smallest absolute Gasteiger partial charge is 0.101 e. The average Bonchev–Trinajstić information content (AvgIpc) is 2.89. The maximum atomic E-state index is 9.03. The van der Waals surface area contributed by atoms with Crippen molar-refractivity contribution in [2.75, 3.05) is 18.5 Å². The third-order valence-corrected chi connectivity index (χ3v) is 2.66. The lowest BCUT2D eigenvalue weighted by Gasteiger charge is -2.20. The van der Waals surface area contributed by atoms with Gasteiger partial charge in [-0.1, -0.05) is 12.1 Å². The zero-order chi connectivity index (χ0) is 12.1. The highest BCUT2D eigenvalue weighted by atomic mass is 15.3. The van der Waals surface area contributed by atoms with Gasteiger partial charge in [0.15, 0.2) is 0 Å². The number of benzene rings is 1. The molecule has 4 nitrogen and oxygen atoms in total. The Morgan fingerprint density at radius 3 is 2.88 bits per heavy atom. The molecular formula is C13H14N4. The molecule has 1 aromatic heterocycles. The summed E-state index contributed by atoms with van der Waals surface area (Å²) in [6.07, 6.45) is 3.70. The predicted octanol–water partition coefficient (Wildman–Crippen LogP) is 1.89. The lowest BCUT2D eigenvalue weighted by atomic mass is 10.2. The predicted molar refractivity (Wildman–Crippen MR) is 66.7 cm³/mol. The molecule has 0 aliphatic rings. The van der Waals surface area contributed by atoms with Crippen molar-refractivity contribution in [1.82, 2.24) is 9.78 Å². The summed E-state index contributed by atoms with van der Waals surface area (Å²) in [5.41, 5.74) is 1.66. The molecule has 0 aliphatic heterocycles. The first kappa shape index (κ1) is 11.2. The van der Waals surface area contributed by atoms with E-state index in [4.69, 9.17) is 5.26 Å². The molecule has 0 saturated heterocycles. The molecule has 2 aromatic rings. The molecule has 0 fully saturated rings. The third-order valence-electron chi connectivity index (χ3n) is 2.66. The van der Waals surface area contributed by atoms with Crippen LogP contribution in [0.25, 0.3) is 0 Å². The summed E-state index contributed by atoms with van der Waals surface area (Å²) in [4.78, 5) is 2.07. The standard InChI is InChI=1S/C13H14N4/c1-16(9-10-17-8-4-7-15-17)13-6-3-2-5-12(13)11-14/h2-8H,9-10H2,1H3. The number of anilines is 1. The lowest BCUT2D eigenvalue weighted by Crippen LogP contribution is -2.23. The number of rotatable bonds is 4. The number of hydrogen-bond donors (Lipinski definition) is 0. The Balaban J connectivity index is 2.05. The molecule has 0 radical (unpaired) electrons. The second kappa shape index (κ2) is 5.17. The van der Waals surface area contributed by atoms with Gasteiger partial charge in [0.2, 0.25) is 0 Å². The molecule has 0 amide bonds. The maximum absolute atomic E-state index is 9.03. The quantitative estimate of drug-likeness (QED) is 0.799. The first-order valence-corrected chi connectivity index (χ1v) is 5.49. The van der Waals surface area contributed by atoms with Gasteiger partial charge in [0.05, 0.1) is 17.8 Å². The van der Waals surface area contributed by atoms with E-state index in [-0.39, 0.29) is 0 Å². The second-order valence-corrected chi connectivity index (χ2v) is 3.82. The van der Waals surface area contributed by atoms with E-state index in [1.54, 1.807) is 6.20 Å². The SMILES string of the molecule is CN(CCn1cccn1)c1ccccc1C#N. The van der Waals surface area contributed by atoms with Crippen LogP contribution in [0.5, 0.6) is 0 Å². The van der Waals surface area contributed by atoms with Gasteiger partial charge in [-0.2, -0.15) is 10.4 Å². The number of nitrogens with zero attached hydrogens (tertiary/aromatic N) is 4. The number of nitriles is 1. The highest BCUT2D eigenvalue weighted by Gasteiger charge is 2.05. The van der Waals surface area contributed by atoms with Crippen LogP contribution in [-0.4, -0.2) is 23.4 Å². The second-order valence-electron chi connectivity index (χ2n) is 3.82. The summed E-state index contributed by atoms with van der Waals surface area (Å²) < 4.78 is 1.88. The van der Waals surface area contributed by atoms with Crippen LogP contribution in [0.2, 0.25) is 0 Å². The fourth-order valence-corrected chi connectivity index (χ4v) is 1.71. The van der Waals surface area contributed by atoms with Crippen molar-refractivity contribution in [2.45, 2.75) is 6.54 Å². The summed E-state index contributed by atoms with van der Waals surface area (Å²) in [7, 11) is 1.99. The minimum absolute atomic E-state index is 0.704. The number of para-hydroxylation sites is 1. The third kappa shape index (κ3) is 2.64. The summed E-state index contributed by atoms with van der Waals surface area (Å²) in [6.45, 7) is 1.63. The molecule has 0 atom stereocenters. The Morgan fingerprint density at radius 2 is 2.18 bits per heavy atom. The van der Waals surface area contributed by atoms with E-state index in [2.05, 4.69) is 16.1 Å². The molecule has 2 rings (SSSR count). The van der Waals surface area contributed by atoms with Crippen LogP contribution in [0.15, 0.2) is 42.7 Å². The van der Waals surface area contributed by atoms with Gasteiger partial charge in [-0.25, -0.2) is 0 Å². The van der Waals surface area contributed by atoms with Crippen molar-refractivity contribution in [1.29, 1.82) is 5.26 Å². The summed E-state index contributed by atoms with van der Waals surface area (Å²) in [6, 6.07) is 11.7. The van der Waals surface area contributed by atoms with E-state index in [0.29, 0.717) is 5.56 Å². The molecular weight excluding hydrogens is 212 g/mol. The van der Waals surface area contributed by atoms with Crippen LogP contribution in [0.1, 0.15) is 5.56 Å². The van der Waals surface area contributed by atoms with Gasteiger partial charge in [0.1, 0.15) is 6.07 Å². The van der Waals surface area contributed by atoms with E-state index in [9.17, 15) is 0 Å². The van der Waals surface area contributed by atoms with Crippen molar-refractivity contribution >= 4 is 5.69 Å². The Kier molecular flexibility index (Phi) is 3.41. The molecule has 0 saturated carbocycles. The maximum Gasteiger partial charge on any atom is 0.101 e. The summed E-state index contributed by atoms with van der Waals surface area (Å²) >= 11 is 0. The van der Waals surface area contributed by atoms with E-state index >= 15 is 0 Å². The zero-order valence-electron chi connectivity index (χ0n) is 9.74. The van der Waals surface area contributed by atoms with E-state index in [1.165, 1.54) is 0 Å². The zero-order valence-corrected chi connectivity index (χ0v) is 9.74. The fraction of sp³-hybridized carbons (Fsp3) is 0.231. The Hall–Kier alpha value is -2.28. The molecule has 4 heteroatoms. The monoisotopic (exact) mass is 226 g/mol. The van der Waals surface area contributed by atoms with Gasteiger partial charge in [-0.05, 0) is 18.2 Å². The number of likely N-dealkylation sites (N-methyl/N-ethyl adjacent to an activating group) is 1. The van der Waals surface area contributed by atoms with Crippen LogP contribution < -0.4 is 4.90 Å². The van der Waals surface area contributed by atoms with Crippen LogP contribution in [0.4, 0.5) is 5.69 Å². The Morgan fingerprint density at radius 1 is 1.35 bits per heavy atom. The van der Waals surface area contributed by atoms with Crippen molar-refractivity contribution < 1.29 is 0 Å². The molecule has 17 heavy (non-hydrogen) atoms. The van der Waals surface area contributed by atoms with Crippen LogP contribution in [0.3, 0.4) is 0 Å². The van der Waals surface area contributed by atoms with Gasteiger partial charge < -0.3 is 4.90 Å². The molecule has 1 heterocycles. The van der Waals surface area contributed by atoms with E-state index in [1.807, 2.05) is 48.3 Å². The van der Waals surface area contributed by atoms with Gasteiger partial charge in [-0.15, -0.1) is 0 Å². The molecule has 0 unspecified atom stereocenters. The number of aromatic nitrogens is 2. The minimum Gasteiger partial charge on any atom is -0.372 e. The van der Waals surface area contributed by atoms with Crippen molar-refractivity contribution in [3.63, 3.8) is 0 Å². The molecule has 1 aromatic carbocycles. The fourth-order valence-electron chi connectivity index (χ4n) is 1.71. The van der Waals surface area contributed by atoms with Gasteiger partial charge in [0, 0.05) is 26.0 Å². The van der Waals surface area contributed by atoms with E-state index in [0.717, 1.165) is 18.8 Å². The molecule has 0 bridgehead atoms. The van der Waals surface area contributed by atoms with Crippen LogP contribution in [-0.2, 0) is 6.54 Å². The summed E-state index contributed by atoms with van der Waals surface area (Å²) in [5.74, 6) is 0.